The predicted molar refractivity (Wildman–Crippen MR) is 67.4 cm³/mol. The van der Waals surface area contributed by atoms with Gasteiger partial charge in [0, 0.05) is 16.5 Å². The van der Waals surface area contributed by atoms with Gasteiger partial charge in [0.15, 0.2) is 11.5 Å². The molecule has 16 heavy (non-hydrogen) atoms. The molecule has 1 aromatic rings. The Morgan fingerprint density at radius 1 is 1.31 bits per heavy atom. The molecule has 0 fully saturated rings. The number of fused-ring (bicyclic) bond motifs is 1. The number of rotatable bonds is 3. The van der Waals surface area contributed by atoms with E-state index >= 15 is 0 Å². The molecule has 0 saturated heterocycles. The number of nitrogens with one attached hydrogen (secondary N) is 1. The SMILES string of the molecule is CNCCc1c(Br)ccc2c1OCCCO2. The second kappa shape index (κ2) is 5.55. The molecule has 88 valence electrons. The molecule has 0 radical (unpaired) electrons. The van der Waals surface area contributed by atoms with Crippen molar-refractivity contribution in [2.75, 3.05) is 26.8 Å². The molecule has 0 saturated carbocycles. The van der Waals surface area contributed by atoms with Gasteiger partial charge in [0.25, 0.3) is 0 Å². The van der Waals surface area contributed by atoms with E-state index in [2.05, 4.69) is 21.2 Å². The highest BCUT2D eigenvalue weighted by atomic mass is 79.9. The maximum Gasteiger partial charge on any atom is 0.165 e. The van der Waals surface area contributed by atoms with Crippen LogP contribution in [0.4, 0.5) is 0 Å². The zero-order valence-corrected chi connectivity index (χ0v) is 11.0. The Labute approximate surface area is 104 Å². The summed E-state index contributed by atoms with van der Waals surface area (Å²) in [6.07, 6.45) is 1.88. The van der Waals surface area contributed by atoms with Gasteiger partial charge in [0.2, 0.25) is 0 Å². The molecule has 4 heteroatoms. The molecule has 1 heterocycles. The molecule has 1 N–H and O–H groups in total. The summed E-state index contributed by atoms with van der Waals surface area (Å²) in [4.78, 5) is 0. The summed E-state index contributed by atoms with van der Waals surface area (Å²) in [5.74, 6) is 1.77. The van der Waals surface area contributed by atoms with Gasteiger partial charge in [-0.25, -0.2) is 0 Å². The fourth-order valence-electron chi connectivity index (χ4n) is 1.75. The van der Waals surface area contributed by atoms with Crippen molar-refractivity contribution in [2.24, 2.45) is 0 Å². The minimum atomic E-state index is 0.732. The molecule has 2 rings (SSSR count). The van der Waals surface area contributed by atoms with Crippen LogP contribution in [0.25, 0.3) is 0 Å². The Hall–Kier alpha value is -0.740. The van der Waals surface area contributed by atoms with Gasteiger partial charge in [-0.15, -0.1) is 0 Å². The third-order valence-corrected chi connectivity index (χ3v) is 3.33. The molecule has 0 atom stereocenters. The first-order valence-electron chi connectivity index (χ1n) is 5.54. The van der Waals surface area contributed by atoms with Crippen molar-refractivity contribution in [2.45, 2.75) is 12.8 Å². The van der Waals surface area contributed by atoms with E-state index in [9.17, 15) is 0 Å². The van der Waals surface area contributed by atoms with Crippen molar-refractivity contribution in [3.63, 3.8) is 0 Å². The summed E-state index contributed by atoms with van der Waals surface area (Å²) < 4.78 is 12.5. The molecular weight excluding hydrogens is 270 g/mol. The van der Waals surface area contributed by atoms with Gasteiger partial charge >= 0.3 is 0 Å². The average molecular weight is 286 g/mol. The highest BCUT2D eigenvalue weighted by molar-refractivity contribution is 9.10. The summed E-state index contributed by atoms with van der Waals surface area (Å²) in [5.41, 5.74) is 1.19. The van der Waals surface area contributed by atoms with Crippen molar-refractivity contribution in [1.29, 1.82) is 0 Å². The lowest BCUT2D eigenvalue weighted by molar-refractivity contribution is 0.296. The molecule has 0 aliphatic carbocycles. The van der Waals surface area contributed by atoms with Crippen LogP contribution in [0.5, 0.6) is 11.5 Å². The summed E-state index contributed by atoms with van der Waals surface area (Å²) in [7, 11) is 1.95. The zero-order chi connectivity index (χ0) is 11.4. The fourth-order valence-corrected chi connectivity index (χ4v) is 2.26. The van der Waals surface area contributed by atoms with Crippen LogP contribution in [0.1, 0.15) is 12.0 Å². The second-order valence-corrected chi connectivity index (χ2v) is 4.61. The lowest BCUT2D eigenvalue weighted by Gasteiger charge is -2.14. The summed E-state index contributed by atoms with van der Waals surface area (Å²) >= 11 is 3.57. The minimum Gasteiger partial charge on any atom is -0.490 e. The van der Waals surface area contributed by atoms with Crippen LogP contribution in [0.3, 0.4) is 0 Å². The maximum absolute atomic E-state index is 5.77. The van der Waals surface area contributed by atoms with Crippen molar-refractivity contribution in [1.82, 2.24) is 5.32 Å². The molecule has 1 aliphatic heterocycles. The van der Waals surface area contributed by atoms with Gasteiger partial charge in [-0.05, 0) is 32.1 Å². The van der Waals surface area contributed by atoms with Crippen LogP contribution in [-0.4, -0.2) is 26.8 Å². The van der Waals surface area contributed by atoms with E-state index in [1.54, 1.807) is 0 Å². The summed E-state index contributed by atoms with van der Waals surface area (Å²) in [6, 6.07) is 3.99. The lowest BCUT2D eigenvalue weighted by Crippen LogP contribution is -2.11. The largest absolute Gasteiger partial charge is 0.490 e. The van der Waals surface area contributed by atoms with Gasteiger partial charge in [-0.1, -0.05) is 15.9 Å². The Balaban J connectivity index is 2.32. The van der Waals surface area contributed by atoms with E-state index in [1.807, 2.05) is 19.2 Å². The van der Waals surface area contributed by atoms with Crippen LogP contribution in [0, 0.1) is 0 Å². The van der Waals surface area contributed by atoms with Gasteiger partial charge in [0.05, 0.1) is 13.2 Å². The summed E-state index contributed by atoms with van der Waals surface area (Å²) in [5, 5.41) is 3.15. The minimum absolute atomic E-state index is 0.732. The van der Waals surface area contributed by atoms with Gasteiger partial charge in [-0.3, -0.25) is 0 Å². The first kappa shape index (κ1) is 11.7. The quantitative estimate of drug-likeness (QED) is 0.925. The van der Waals surface area contributed by atoms with E-state index in [1.165, 1.54) is 5.56 Å². The van der Waals surface area contributed by atoms with Crippen LogP contribution in [0.15, 0.2) is 16.6 Å². The number of hydrogen-bond acceptors (Lipinski definition) is 3. The molecule has 0 aromatic heterocycles. The van der Waals surface area contributed by atoms with Crippen molar-refractivity contribution >= 4 is 15.9 Å². The first-order valence-corrected chi connectivity index (χ1v) is 6.34. The molecule has 3 nitrogen and oxygen atoms in total. The normalized spacial score (nSPS) is 14.6. The molecule has 0 amide bonds. The van der Waals surface area contributed by atoms with E-state index in [0.29, 0.717) is 0 Å². The number of halogens is 1. The fraction of sp³-hybridized carbons (Fsp3) is 0.500. The first-order chi connectivity index (χ1) is 7.83. The van der Waals surface area contributed by atoms with E-state index in [-0.39, 0.29) is 0 Å². The molecular formula is C12H16BrNO2. The van der Waals surface area contributed by atoms with E-state index < -0.39 is 0 Å². The zero-order valence-electron chi connectivity index (χ0n) is 9.38. The molecule has 0 spiro atoms. The highest BCUT2D eigenvalue weighted by Crippen LogP contribution is 2.37. The standard InChI is InChI=1S/C12H16BrNO2/c1-14-6-5-9-10(13)3-4-11-12(9)16-8-2-7-15-11/h3-4,14H,2,5-8H2,1H3. The average Bonchev–Trinajstić information content (AvgIpc) is 2.53. The lowest BCUT2D eigenvalue weighted by atomic mass is 10.1. The Bertz CT molecular complexity index is 368. The van der Waals surface area contributed by atoms with E-state index in [0.717, 1.165) is 48.6 Å². The predicted octanol–water partition coefficient (Wildman–Crippen LogP) is 2.37. The van der Waals surface area contributed by atoms with Crippen molar-refractivity contribution in [3.8, 4) is 11.5 Å². The van der Waals surface area contributed by atoms with Gasteiger partial charge < -0.3 is 14.8 Å². The van der Waals surface area contributed by atoms with Gasteiger partial charge in [-0.2, -0.15) is 0 Å². The molecule has 0 unspecified atom stereocenters. The topological polar surface area (TPSA) is 30.5 Å². The van der Waals surface area contributed by atoms with Crippen molar-refractivity contribution < 1.29 is 9.47 Å². The second-order valence-electron chi connectivity index (χ2n) is 3.76. The van der Waals surface area contributed by atoms with Gasteiger partial charge in [0.1, 0.15) is 0 Å². The smallest absolute Gasteiger partial charge is 0.165 e. The van der Waals surface area contributed by atoms with Crippen LogP contribution in [-0.2, 0) is 6.42 Å². The Morgan fingerprint density at radius 2 is 2.12 bits per heavy atom. The number of ether oxygens (including phenoxy) is 2. The highest BCUT2D eigenvalue weighted by Gasteiger charge is 2.16. The number of likely N-dealkylation sites (N-methyl/N-ethyl adjacent to an activating group) is 1. The number of benzene rings is 1. The third-order valence-electron chi connectivity index (χ3n) is 2.58. The molecule has 0 bridgehead atoms. The Kier molecular flexibility index (Phi) is 4.07. The molecule has 1 aliphatic rings. The third kappa shape index (κ3) is 2.50. The Morgan fingerprint density at radius 3 is 2.94 bits per heavy atom. The van der Waals surface area contributed by atoms with Crippen LogP contribution in [0.2, 0.25) is 0 Å². The summed E-state index contributed by atoms with van der Waals surface area (Å²) in [6.45, 7) is 2.40. The number of hydrogen-bond donors (Lipinski definition) is 1. The van der Waals surface area contributed by atoms with Crippen molar-refractivity contribution in [3.05, 3.63) is 22.2 Å². The van der Waals surface area contributed by atoms with Crippen LogP contribution < -0.4 is 14.8 Å². The monoisotopic (exact) mass is 285 g/mol. The van der Waals surface area contributed by atoms with Crippen LogP contribution >= 0.6 is 15.9 Å². The maximum atomic E-state index is 5.77. The van der Waals surface area contributed by atoms with E-state index in [4.69, 9.17) is 9.47 Å². The molecule has 1 aromatic carbocycles.